The number of rotatable bonds is 33. The largest absolute Gasteiger partial charge is 0.465 e. The number of carbonyl (C=O) groups is 3. The number of aliphatic hydroxyl groups is 2. The first kappa shape index (κ1) is 44.8. The Labute approximate surface area is 298 Å². The molecule has 0 aromatic rings. The van der Waals surface area contributed by atoms with E-state index in [1.54, 1.807) is 47.0 Å². The van der Waals surface area contributed by atoms with Crippen molar-refractivity contribution < 1.29 is 38.3 Å². The molecule has 0 saturated heterocycles. The van der Waals surface area contributed by atoms with Crippen LogP contribution in [0.3, 0.4) is 0 Å². The van der Waals surface area contributed by atoms with Crippen molar-refractivity contribution in [3.05, 3.63) is 0 Å². The molecule has 0 saturated carbocycles. The van der Waals surface area contributed by atoms with Gasteiger partial charge in [0.2, 0.25) is 0 Å². The van der Waals surface area contributed by atoms with Crippen LogP contribution in [0.5, 0.6) is 0 Å². The van der Waals surface area contributed by atoms with Crippen molar-refractivity contribution in [3.63, 3.8) is 0 Å². The molecule has 1 atom stereocenters. The smallest absolute Gasteiger partial charge is 0.306 e. The average Bonchev–Trinajstić information content (AvgIpc) is 2.99. The van der Waals surface area contributed by atoms with Gasteiger partial charge in [0.15, 0.2) is 5.12 Å². The predicted molar refractivity (Wildman–Crippen MR) is 204 cm³/mol. The SMILES string of the molecule is O=C(CCSCSCCCS(=O)CCSCSCCSC(=O)CCSCSCCC(=O)OCCSCO)OCCSCO. The van der Waals surface area contributed by atoms with Gasteiger partial charge in [0.05, 0.1) is 24.7 Å². The van der Waals surface area contributed by atoms with Crippen LogP contribution in [0.4, 0.5) is 0 Å². The summed E-state index contributed by atoms with van der Waals surface area (Å²) in [5, 5.41) is 20.3. The van der Waals surface area contributed by atoms with Crippen molar-refractivity contribution in [3.8, 4) is 0 Å². The quantitative estimate of drug-likeness (QED) is 0.0508. The molecule has 43 heavy (non-hydrogen) atoms. The van der Waals surface area contributed by atoms with Crippen LogP contribution < -0.4 is 0 Å². The minimum Gasteiger partial charge on any atom is -0.465 e. The number of carbonyl (C=O) groups excluding carboxylic acids is 3. The summed E-state index contributed by atoms with van der Waals surface area (Å²) in [6.07, 6.45) is 2.29. The van der Waals surface area contributed by atoms with Crippen LogP contribution in [0, 0.1) is 0 Å². The van der Waals surface area contributed by atoms with Crippen LogP contribution in [-0.2, 0) is 34.7 Å². The maximum Gasteiger partial charge on any atom is 0.306 e. The van der Waals surface area contributed by atoms with Crippen LogP contribution in [0.2, 0.25) is 0 Å². The summed E-state index contributed by atoms with van der Waals surface area (Å²) in [5.74, 6) is 8.25. The zero-order valence-electron chi connectivity index (χ0n) is 24.5. The lowest BCUT2D eigenvalue weighted by molar-refractivity contribution is -0.143. The van der Waals surface area contributed by atoms with E-state index in [1.165, 1.54) is 35.3 Å². The summed E-state index contributed by atoms with van der Waals surface area (Å²) in [4.78, 5) is 35.1. The Kier molecular flexibility index (Phi) is 38.2. The lowest BCUT2D eigenvalue weighted by Crippen LogP contribution is -2.08. The number of ether oxygens (including phenoxy) is 2. The highest BCUT2D eigenvalue weighted by Gasteiger charge is 2.06. The van der Waals surface area contributed by atoms with E-state index in [4.69, 9.17) is 19.7 Å². The predicted octanol–water partition coefficient (Wildman–Crippen LogP) is 5.28. The molecular formula is C25H46O8S10. The highest BCUT2D eigenvalue weighted by molar-refractivity contribution is 8.18. The molecule has 0 heterocycles. The van der Waals surface area contributed by atoms with Gasteiger partial charge in [-0.3, -0.25) is 18.6 Å². The Morgan fingerprint density at radius 2 is 1.02 bits per heavy atom. The van der Waals surface area contributed by atoms with Crippen molar-refractivity contribution in [1.29, 1.82) is 0 Å². The molecule has 0 radical (unpaired) electrons. The van der Waals surface area contributed by atoms with Crippen LogP contribution in [0.15, 0.2) is 0 Å². The second-order valence-corrected chi connectivity index (χ2v) is 20.7. The van der Waals surface area contributed by atoms with Crippen molar-refractivity contribution in [1.82, 2.24) is 0 Å². The lowest BCUT2D eigenvalue weighted by Gasteiger charge is -2.05. The van der Waals surface area contributed by atoms with Gasteiger partial charge < -0.3 is 19.7 Å². The molecule has 1 unspecified atom stereocenters. The van der Waals surface area contributed by atoms with Crippen molar-refractivity contribution in [2.75, 3.05) is 104 Å². The van der Waals surface area contributed by atoms with E-state index in [0.29, 0.717) is 49.7 Å². The number of hydrogen-bond acceptors (Lipinski definition) is 17. The van der Waals surface area contributed by atoms with Gasteiger partial charge in [-0.2, -0.15) is 70.6 Å². The van der Waals surface area contributed by atoms with Crippen LogP contribution in [-0.4, -0.2) is 135 Å². The topological polar surface area (TPSA) is 127 Å². The molecule has 254 valence electrons. The highest BCUT2D eigenvalue weighted by atomic mass is 32.2. The molecule has 0 spiro atoms. The molecule has 8 nitrogen and oxygen atoms in total. The number of esters is 2. The van der Waals surface area contributed by atoms with Gasteiger partial charge in [-0.25, -0.2) is 0 Å². The average molecular weight is 795 g/mol. The molecule has 0 amide bonds. The fraction of sp³-hybridized carbons (Fsp3) is 0.880. The summed E-state index contributed by atoms with van der Waals surface area (Å²) in [5.41, 5.74) is 0. The zero-order chi connectivity index (χ0) is 31.6. The van der Waals surface area contributed by atoms with E-state index in [1.807, 2.05) is 23.5 Å². The first-order valence-corrected chi connectivity index (χ1v) is 25.4. The second-order valence-electron chi connectivity index (χ2n) is 7.99. The number of thioether (sulfide) groups is 9. The Hall–Kier alpha value is 1.83. The molecule has 0 aromatic heterocycles. The third kappa shape index (κ3) is 36.5. The first-order chi connectivity index (χ1) is 21.0. The minimum atomic E-state index is -0.775. The monoisotopic (exact) mass is 794 g/mol. The Morgan fingerprint density at radius 1 is 0.535 bits per heavy atom. The van der Waals surface area contributed by atoms with Crippen LogP contribution in [0.1, 0.15) is 25.7 Å². The van der Waals surface area contributed by atoms with E-state index in [-0.39, 0.29) is 28.9 Å². The third-order valence-electron chi connectivity index (χ3n) is 4.62. The Balaban J connectivity index is 3.35. The van der Waals surface area contributed by atoms with E-state index < -0.39 is 10.8 Å². The van der Waals surface area contributed by atoms with Gasteiger partial charge in [0.1, 0.15) is 13.2 Å². The van der Waals surface area contributed by atoms with E-state index in [9.17, 15) is 18.6 Å². The van der Waals surface area contributed by atoms with Crippen molar-refractivity contribution >= 4 is 134 Å². The molecule has 0 rings (SSSR count). The maximum absolute atomic E-state index is 12.2. The maximum atomic E-state index is 12.2. The summed E-state index contributed by atoms with van der Waals surface area (Å²) >= 11 is 14.6. The Morgan fingerprint density at radius 3 is 1.58 bits per heavy atom. The molecule has 0 aliphatic carbocycles. The van der Waals surface area contributed by atoms with Crippen LogP contribution in [0.25, 0.3) is 0 Å². The molecule has 18 heteroatoms. The standard InChI is InChI=1S/C25H46O8S10/c26-18-34-11-5-32-23(28)2-8-37-20-36-7-1-16-43(31)17-15-41-22-40-13-14-42-25(30)4-10-39-21-38-9-3-24(29)33-6-12-35-19-27/h26-27H,1-22H2. The summed E-state index contributed by atoms with van der Waals surface area (Å²) < 4.78 is 22.3. The Bertz CT molecular complexity index is 709. The van der Waals surface area contributed by atoms with Crippen LogP contribution >= 0.6 is 106 Å². The normalized spacial score (nSPS) is 11.9. The molecule has 0 bridgehead atoms. The number of aliphatic hydroxyl groups excluding tert-OH is 2. The fourth-order valence-electron chi connectivity index (χ4n) is 2.56. The highest BCUT2D eigenvalue weighted by Crippen LogP contribution is 2.19. The van der Waals surface area contributed by atoms with Gasteiger partial charge >= 0.3 is 11.9 Å². The first-order valence-electron chi connectivity index (χ1n) is 13.6. The van der Waals surface area contributed by atoms with Gasteiger partial charge in [0.25, 0.3) is 0 Å². The molecule has 0 aliphatic rings. The van der Waals surface area contributed by atoms with E-state index in [0.717, 1.165) is 67.7 Å². The van der Waals surface area contributed by atoms with Gasteiger partial charge in [0, 0.05) is 90.0 Å². The van der Waals surface area contributed by atoms with E-state index in [2.05, 4.69) is 0 Å². The van der Waals surface area contributed by atoms with Gasteiger partial charge in [-0.1, -0.05) is 11.8 Å². The van der Waals surface area contributed by atoms with Crippen molar-refractivity contribution in [2.45, 2.75) is 25.7 Å². The zero-order valence-corrected chi connectivity index (χ0v) is 32.6. The molecular weight excluding hydrogens is 749 g/mol. The van der Waals surface area contributed by atoms with E-state index >= 15 is 0 Å². The van der Waals surface area contributed by atoms with Gasteiger partial charge in [-0.15, -0.1) is 23.5 Å². The summed E-state index contributed by atoms with van der Waals surface area (Å²) in [7, 11) is -0.775. The fourth-order valence-corrected chi connectivity index (χ4v) is 12.2. The molecule has 0 aromatic carbocycles. The molecule has 0 aliphatic heterocycles. The molecule has 2 N–H and O–H groups in total. The summed E-state index contributed by atoms with van der Waals surface area (Å²) in [6, 6.07) is 0. The number of hydrogen-bond donors (Lipinski definition) is 2. The molecule has 0 fully saturated rings. The summed E-state index contributed by atoms with van der Waals surface area (Å²) in [6.45, 7) is 0.683. The lowest BCUT2D eigenvalue weighted by atomic mass is 10.5. The second kappa shape index (κ2) is 36.7. The van der Waals surface area contributed by atoms with Gasteiger partial charge in [-0.05, 0) is 12.2 Å². The third-order valence-corrected chi connectivity index (χ3v) is 15.8. The minimum absolute atomic E-state index is 0.0390. The van der Waals surface area contributed by atoms with Crippen molar-refractivity contribution in [2.24, 2.45) is 0 Å².